The summed E-state index contributed by atoms with van der Waals surface area (Å²) in [6.07, 6.45) is 3.62. The first-order chi connectivity index (χ1) is 9.83. The summed E-state index contributed by atoms with van der Waals surface area (Å²) in [6.45, 7) is 2.85. The lowest BCUT2D eigenvalue weighted by Crippen LogP contribution is -1.98. The van der Waals surface area contributed by atoms with E-state index in [9.17, 15) is 0 Å². The van der Waals surface area contributed by atoms with Crippen molar-refractivity contribution in [1.82, 2.24) is 9.97 Å². The molecule has 20 heavy (non-hydrogen) atoms. The average Bonchev–Trinajstić information content (AvgIpc) is 2.88. The SMILES string of the molecule is Cc1nc(-c2cccnc2)sc1NCc1ccccc1. The lowest BCUT2D eigenvalue weighted by Gasteiger charge is -2.03. The van der Waals surface area contributed by atoms with E-state index in [0.717, 1.165) is 27.8 Å². The molecule has 2 aromatic heterocycles. The third-order valence-electron chi connectivity index (χ3n) is 3.00. The van der Waals surface area contributed by atoms with E-state index in [1.807, 2.05) is 31.3 Å². The summed E-state index contributed by atoms with van der Waals surface area (Å²) in [5.41, 5.74) is 3.36. The molecule has 0 unspecified atom stereocenters. The topological polar surface area (TPSA) is 37.8 Å². The van der Waals surface area contributed by atoms with Crippen LogP contribution in [0.15, 0.2) is 54.9 Å². The Kier molecular flexibility index (Phi) is 3.74. The molecule has 0 aliphatic heterocycles. The average molecular weight is 281 g/mol. The van der Waals surface area contributed by atoms with Gasteiger partial charge in [-0.05, 0) is 24.6 Å². The normalized spacial score (nSPS) is 10.4. The number of anilines is 1. The second-order valence-electron chi connectivity index (χ2n) is 4.51. The van der Waals surface area contributed by atoms with Crippen LogP contribution in [0.5, 0.6) is 0 Å². The Morgan fingerprint density at radius 1 is 1.10 bits per heavy atom. The van der Waals surface area contributed by atoms with Gasteiger partial charge in [0, 0.05) is 24.5 Å². The summed E-state index contributed by atoms with van der Waals surface area (Å²) in [4.78, 5) is 8.75. The van der Waals surface area contributed by atoms with Crippen LogP contribution >= 0.6 is 11.3 Å². The lowest BCUT2D eigenvalue weighted by molar-refractivity contribution is 1.14. The van der Waals surface area contributed by atoms with Gasteiger partial charge in [-0.25, -0.2) is 4.98 Å². The zero-order valence-electron chi connectivity index (χ0n) is 11.2. The molecule has 0 radical (unpaired) electrons. The number of benzene rings is 1. The number of hydrogen-bond donors (Lipinski definition) is 1. The van der Waals surface area contributed by atoms with Crippen molar-refractivity contribution < 1.29 is 0 Å². The van der Waals surface area contributed by atoms with Gasteiger partial charge in [-0.1, -0.05) is 41.7 Å². The zero-order chi connectivity index (χ0) is 13.8. The minimum absolute atomic E-state index is 0.816. The highest BCUT2D eigenvalue weighted by atomic mass is 32.1. The van der Waals surface area contributed by atoms with Crippen molar-refractivity contribution in [2.24, 2.45) is 0 Å². The number of nitrogens with zero attached hydrogens (tertiary/aromatic N) is 2. The molecular formula is C16H15N3S. The first-order valence-corrected chi connectivity index (χ1v) is 7.30. The molecule has 3 rings (SSSR count). The maximum Gasteiger partial charge on any atom is 0.127 e. The molecular weight excluding hydrogens is 266 g/mol. The van der Waals surface area contributed by atoms with Crippen LogP contribution in [-0.4, -0.2) is 9.97 Å². The van der Waals surface area contributed by atoms with Gasteiger partial charge in [-0.15, -0.1) is 0 Å². The molecule has 3 aromatic rings. The number of aryl methyl sites for hydroxylation is 1. The van der Waals surface area contributed by atoms with Gasteiger partial charge < -0.3 is 5.32 Å². The van der Waals surface area contributed by atoms with E-state index in [1.165, 1.54) is 5.56 Å². The van der Waals surface area contributed by atoms with Gasteiger partial charge in [0.25, 0.3) is 0 Å². The molecule has 1 aromatic carbocycles. The van der Waals surface area contributed by atoms with E-state index in [2.05, 4.69) is 39.6 Å². The van der Waals surface area contributed by atoms with Gasteiger partial charge in [0.15, 0.2) is 0 Å². The monoisotopic (exact) mass is 281 g/mol. The van der Waals surface area contributed by atoms with Crippen molar-refractivity contribution in [3.63, 3.8) is 0 Å². The Hall–Kier alpha value is -2.20. The van der Waals surface area contributed by atoms with Crippen LogP contribution in [0.2, 0.25) is 0 Å². The second-order valence-corrected chi connectivity index (χ2v) is 5.51. The molecule has 0 bridgehead atoms. The summed E-state index contributed by atoms with van der Waals surface area (Å²) in [5, 5.41) is 5.58. The molecule has 1 N–H and O–H groups in total. The Labute approximate surface area is 122 Å². The number of nitrogens with one attached hydrogen (secondary N) is 1. The predicted molar refractivity (Wildman–Crippen MR) is 83.9 cm³/mol. The quantitative estimate of drug-likeness (QED) is 0.781. The van der Waals surface area contributed by atoms with Crippen molar-refractivity contribution in [1.29, 1.82) is 0 Å². The van der Waals surface area contributed by atoms with E-state index in [-0.39, 0.29) is 0 Å². The molecule has 0 aliphatic rings. The van der Waals surface area contributed by atoms with Crippen molar-refractivity contribution in [3.05, 3.63) is 66.1 Å². The highest BCUT2D eigenvalue weighted by Gasteiger charge is 2.09. The number of thiazole rings is 1. The van der Waals surface area contributed by atoms with E-state index >= 15 is 0 Å². The molecule has 0 saturated heterocycles. The molecule has 100 valence electrons. The molecule has 0 fully saturated rings. The zero-order valence-corrected chi connectivity index (χ0v) is 12.0. The van der Waals surface area contributed by atoms with Crippen LogP contribution in [-0.2, 0) is 6.54 Å². The van der Waals surface area contributed by atoms with Crippen LogP contribution in [0, 0.1) is 6.92 Å². The Balaban J connectivity index is 1.76. The summed E-state index contributed by atoms with van der Waals surface area (Å²) < 4.78 is 0. The van der Waals surface area contributed by atoms with Gasteiger partial charge in [0.05, 0.1) is 5.69 Å². The summed E-state index contributed by atoms with van der Waals surface area (Å²) in [5.74, 6) is 0. The molecule has 0 aliphatic carbocycles. The van der Waals surface area contributed by atoms with E-state index in [0.29, 0.717) is 0 Å². The van der Waals surface area contributed by atoms with E-state index < -0.39 is 0 Å². The summed E-state index contributed by atoms with van der Waals surface area (Å²) >= 11 is 1.67. The van der Waals surface area contributed by atoms with Gasteiger partial charge in [0.2, 0.25) is 0 Å². The van der Waals surface area contributed by atoms with Crippen molar-refractivity contribution in [2.75, 3.05) is 5.32 Å². The molecule has 3 nitrogen and oxygen atoms in total. The largest absolute Gasteiger partial charge is 0.371 e. The van der Waals surface area contributed by atoms with Crippen LogP contribution in [0.3, 0.4) is 0 Å². The fourth-order valence-electron chi connectivity index (χ4n) is 1.95. The van der Waals surface area contributed by atoms with E-state index in [1.54, 1.807) is 17.5 Å². The molecule has 0 atom stereocenters. The first kappa shape index (κ1) is 12.8. The van der Waals surface area contributed by atoms with Gasteiger partial charge in [0.1, 0.15) is 10.0 Å². The Bertz CT molecular complexity index is 677. The maximum absolute atomic E-state index is 4.61. The Morgan fingerprint density at radius 3 is 2.70 bits per heavy atom. The second kappa shape index (κ2) is 5.84. The highest BCUT2D eigenvalue weighted by molar-refractivity contribution is 7.19. The molecule has 0 spiro atoms. The smallest absolute Gasteiger partial charge is 0.127 e. The van der Waals surface area contributed by atoms with E-state index in [4.69, 9.17) is 0 Å². The maximum atomic E-state index is 4.61. The van der Waals surface area contributed by atoms with Crippen molar-refractivity contribution >= 4 is 16.3 Å². The predicted octanol–water partition coefficient (Wildman–Crippen LogP) is 4.13. The highest BCUT2D eigenvalue weighted by Crippen LogP contribution is 2.31. The minimum Gasteiger partial charge on any atom is -0.371 e. The van der Waals surface area contributed by atoms with Crippen molar-refractivity contribution in [2.45, 2.75) is 13.5 Å². The van der Waals surface area contributed by atoms with Gasteiger partial charge in [-0.2, -0.15) is 0 Å². The number of aromatic nitrogens is 2. The van der Waals surface area contributed by atoms with Crippen molar-refractivity contribution in [3.8, 4) is 10.6 Å². The Morgan fingerprint density at radius 2 is 1.95 bits per heavy atom. The number of rotatable bonds is 4. The van der Waals surface area contributed by atoms with Crippen LogP contribution in [0.25, 0.3) is 10.6 Å². The number of hydrogen-bond acceptors (Lipinski definition) is 4. The van der Waals surface area contributed by atoms with Gasteiger partial charge >= 0.3 is 0 Å². The standard InChI is InChI=1S/C16H15N3S/c1-12-15(18-10-13-6-3-2-4-7-13)20-16(19-12)14-8-5-9-17-11-14/h2-9,11,18H,10H2,1H3. The summed E-state index contributed by atoms with van der Waals surface area (Å²) in [6, 6.07) is 14.3. The molecule has 0 saturated carbocycles. The fourth-order valence-corrected chi connectivity index (χ4v) is 2.90. The molecule has 0 amide bonds. The number of pyridine rings is 1. The van der Waals surface area contributed by atoms with Gasteiger partial charge in [-0.3, -0.25) is 4.98 Å². The third-order valence-corrected chi connectivity index (χ3v) is 4.17. The first-order valence-electron chi connectivity index (χ1n) is 6.48. The van der Waals surface area contributed by atoms with Crippen LogP contribution in [0.4, 0.5) is 5.00 Å². The third kappa shape index (κ3) is 2.86. The van der Waals surface area contributed by atoms with Crippen LogP contribution < -0.4 is 5.32 Å². The summed E-state index contributed by atoms with van der Waals surface area (Å²) in [7, 11) is 0. The molecule has 4 heteroatoms. The lowest BCUT2D eigenvalue weighted by atomic mass is 10.2. The minimum atomic E-state index is 0.816. The van der Waals surface area contributed by atoms with Crippen LogP contribution in [0.1, 0.15) is 11.3 Å². The molecule has 2 heterocycles. The fraction of sp³-hybridized carbons (Fsp3) is 0.125.